The zero-order chi connectivity index (χ0) is 22.7. The van der Waals surface area contributed by atoms with E-state index in [0.717, 1.165) is 35.6 Å². The summed E-state index contributed by atoms with van der Waals surface area (Å²) in [7, 11) is 0. The molecule has 1 aliphatic heterocycles. The molecule has 0 atom stereocenters. The minimum atomic E-state index is -0.357. The van der Waals surface area contributed by atoms with Crippen LogP contribution in [-0.2, 0) is 9.59 Å². The Balaban J connectivity index is 1.73. The molecule has 1 heterocycles. The Morgan fingerprint density at radius 3 is 2.00 bits per heavy atom. The largest absolute Gasteiger partial charge is 0.372 e. The number of aryl methyl sites for hydroxylation is 1. The predicted octanol–water partition coefficient (Wildman–Crippen LogP) is 5.24. The van der Waals surface area contributed by atoms with Gasteiger partial charge in [0.1, 0.15) is 5.70 Å². The molecule has 2 amide bonds. The summed E-state index contributed by atoms with van der Waals surface area (Å²) in [5.74, 6) is -0.683. The second-order valence-corrected chi connectivity index (χ2v) is 7.74. The van der Waals surface area contributed by atoms with E-state index in [0.29, 0.717) is 17.0 Å². The molecule has 0 aliphatic carbocycles. The van der Waals surface area contributed by atoms with Crippen molar-refractivity contribution >= 4 is 34.4 Å². The van der Waals surface area contributed by atoms with Gasteiger partial charge in [-0.1, -0.05) is 48.0 Å². The lowest BCUT2D eigenvalue weighted by Crippen LogP contribution is -2.32. The summed E-state index contributed by atoms with van der Waals surface area (Å²) in [5.41, 5.74) is 4.91. The molecule has 0 unspecified atom stereocenters. The van der Waals surface area contributed by atoms with Gasteiger partial charge in [0.05, 0.1) is 11.3 Å². The lowest BCUT2D eigenvalue weighted by Gasteiger charge is -2.21. The highest BCUT2D eigenvalue weighted by Gasteiger charge is 2.40. The first-order chi connectivity index (χ1) is 15.5. The molecule has 3 aromatic carbocycles. The van der Waals surface area contributed by atoms with Crippen molar-refractivity contribution in [1.82, 2.24) is 0 Å². The van der Waals surface area contributed by atoms with Gasteiger partial charge < -0.3 is 10.2 Å². The van der Waals surface area contributed by atoms with Gasteiger partial charge in [0, 0.05) is 24.5 Å². The number of para-hydroxylation sites is 1. The van der Waals surface area contributed by atoms with Gasteiger partial charge in [-0.3, -0.25) is 9.59 Å². The van der Waals surface area contributed by atoms with Crippen LogP contribution in [0.1, 0.15) is 25.0 Å². The van der Waals surface area contributed by atoms with Crippen LogP contribution in [0.3, 0.4) is 0 Å². The van der Waals surface area contributed by atoms with Crippen LogP contribution in [0, 0.1) is 6.92 Å². The highest BCUT2D eigenvalue weighted by Crippen LogP contribution is 2.34. The van der Waals surface area contributed by atoms with E-state index in [1.807, 2.05) is 73.7 Å². The van der Waals surface area contributed by atoms with E-state index in [2.05, 4.69) is 24.1 Å². The summed E-state index contributed by atoms with van der Waals surface area (Å²) in [6.07, 6.45) is 0. The third kappa shape index (κ3) is 4.02. The smallest absolute Gasteiger partial charge is 0.282 e. The lowest BCUT2D eigenvalue weighted by atomic mass is 10.0. The summed E-state index contributed by atoms with van der Waals surface area (Å²) in [4.78, 5) is 30.3. The van der Waals surface area contributed by atoms with Crippen molar-refractivity contribution < 1.29 is 9.59 Å². The molecule has 5 heteroatoms. The summed E-state index contributed by atoms with van der Waals surface area (Å²) in [5, 5.41) is 3.24. The fourth-order valence-electron chi connectivity index (χ4n) is 3.93. The van der Waals surface area contributed by atoms with Gasteiger partial charge in [-0.05, 0) is 62.7 Å². The van der Waals surface area contributed by atoms with Crippen molar-refractivity contribution in [3.8, 4) is 0 Å². The zero-order valence-corrected chi connectivity index (χ0v) is 18.6. The van der Waals surface area contributed by atoms with Gasteiger partial charge in [-0.25, -0.2) is 4.90 Å². The third-order valence-electron chi connectivity index (χ3n) is 5.70. The standard InChI is InChI=1S/C27H27N3O2/c1-4-29(5-2)22-17-15-21(16-18-22)28-25-24(20-13-11-19(3)12-14-20)26(31)30(27(25)32)23-9-7-6-8-10-23/h6-18,28H,4-5H2,1-3H3. The van der Waals surface area contributed by atoms with Gasteiger partial charge in [0.15, 0.2) is 0 Å². The monoisotopic (exact) mass is 425 g/mol. The SMILES string of the molecule is CCN(CC)c1ccc(NC2=C(c3ccc(C)cc3)C(=O)N(c3ccccc3)C2=O)cc1. The van der Waals surface area contributed by atoms with Crippen LogP contribution in [0.5, 0.6) is 0 Å². The van der Waals surface area contributed by atoms with Gasteiger partial charge in [0.25, 0.3) is 11.8 Å². The molecule has 0 radical (unpaired) electrons. The summed E-state index contributed by atoms with van der Waals surface area (Å²) in [6, 6.07) is 24.6. The average molecular weight is 426 g/mol. The second-order valence-electron chi connectivity index (χ2n) is 7.74. The van der Waals surface area contributed by atoms with Crippen LogP contribution in [0.25, 0.3) is 5.57 Å². The Kier molecular flexibility index (Phi) is 6.08. The molecular weight excluding hydrogens is 398 g/mol. The summed E-state index contributed by atoms with van der Waals surface area (Å²) >= 11 is 0. The number of carbonyl (C=O) groups is 2. The van der Waals surface area contributed by atoms with Crippen molar-refractivity contribution in [1.29, 1.82) is 0 Å². The maximum atomic E-state index is 13.4. The maximum absolute atomic E-state index is 13.4. The molecule has 0 spiro atoms. The molecule has 162 valence electrons. The number of hydrogen-bond acceptors (Lipinski definition) is 4. The topological polar surface area (TPSA) is 52.7 Å². The molecule has 3 aromatic rings. The molecule has 32 heavy (non-hydrogen) atoms. The number of imide groups is 1. The molecule has 1 N–H and O–H groups in total. The quantitative estimate of drug-likeness (QED) is 0.526. The molecule has 0 fully saturated rings. The van der Waals surface area contributed by atoms with Gasteiger partial charge >= 0.3 is 0 Å². The molecule has 0 saturated carbocycles. The first-order valence-corrected chi connectivity index (χ1v) is 10.9. The Bertz CT molecular complexity index is 1150. The Labute approximate surface area is 189 Å². The normalized spacial score (nSPS) is 13.7. The lowest BCUT2D eigenvalue weighted by molar-refractivity contribution is -0.120. The van der Waals surface area contributed by atoms with Gasteiger partial charge in [0.2, 0.25) is 0 Å². The van der Waals surface area contributed by atoms with E-state index in [4.69, 9.17) is 0 Å². The van der Waals surface area contributed by atoms with Crippen molar-refractivity contribution in [3.63, 3.8) is 0 Å². The van der Waals surface area contributed by atoms with E-state index in [-0.39, 0.29) is 11.8 Å². The molecule has 0 bridgehead atoms. The molecule has 0 saturated heterocycles. The second kappa shape index (κ2) is 9.10. The summed E-state index contributed by atoms with van der Waals surface area (Å²) in [6.45, 7) is 8.08. The van der Waals surface area contributed by atoms with Crippen LogP contribution in [0.4, 0.5) is 17.1 Å². The van der Waals surface area contributed by atoms with Gasteiger partial charge in [-0.2, -0.15) is 0 Å². The molecule has 4 rings (SSSR count). The Hall–Kier alpha value is -3.86. The van der Waals surface area contributed by atoms with Crippen LogP contribution in [-0.4, -0.2) is 24.9 Å². The molecule has 0 aromatic heterocycles. The number of nitrogens with zero attached hydrogens (tertiary/aromatic N) is 2. The van der Waals surface area contributed by atoms with Crippen molar-refractivity contribution in [3.05, 3.63) is 95.7 Å². The molecular formula is C27H27N3O2. The minimum absolute atomic E-state index is 0.290. The van der Waals surface area contributed by atoms with Crippen LogP contribution >= 0.6 is 0 Å². The number of carbonyl (C=O) groups excluding carboxylic acids is 2. The number of benzene rings is 3. The number of amides is 2. The van der Waals surface area contributed by atoms with E-state index in [9.17, 15) is 9.59 Å². The fraction of sp³-hybridized carbons (Fsp3) is 0.185. The van der Waals surface area contributed by atoms with E-state index < -0.39 is 0 Å². The Morgan fingerprint density at radius 2 is 1.41 bits per heavy atom. The highest BCUT2D eigenvalue weighted by molar-refractivity contribution is 6.46. The van der Waals surface area contributed by atoms with Crippen molar-refractivity contribution in [2.24, 2.45) is 0 Å². The number of anilines is 3. The number of hydrogen-bond donors (Lipinski definition) is 1. The fourth-order valence-corrected chi connectivity index (χ4v) is 3.93. The first kappa shape index (κ1) is 21.4. The maximum Gasteiger partial charge on any atom is 0.282 e. The molecule has 1 aliphatic rings. The minimum Gasteiger partial charge on any atom is -0.372 e. The van der Waals surface area contributed by atoms with Crippen LogP contribution in [0.15, 0.2) is 84.6 Å². The molecule has 5 nitrogen and oxygen atoms in total. The zero-order valence-electron chi connectivity index (χ0n) is 18.6. The average Bonchev–Trinajstić information content (AvgIpc) is 3.06. The highest BCUT2D eigenvalue weighted by atomic mass is 16.2. The van der Waals surface area contributed by atoms with Crippen molar-refractivity contribution in [2.75, 3.05) is 28.2 Å². The number of nitrogens with one attached hydrogen (secondary N) is 1. The van der Waals surface area contributed by atoms with E-state index >= 15 is 0 Å². The van der Waals surface area contributed by atoms with E-state index in [1.54, 1.807) is 12.1 Å². The number of rotatable bonds is 7. The van der Waals surface area contributed by atoms with Crippen LogP contribution in [0.2, 0.25) is 0 Å². The Morgan fingerprint density at radius 1 is 0.781 bits per heavy atom. The first-order valence-electron chi connectivity index (χ1n) is 10.9. The van der Waals surface area contributed by atoms with Gasteiger partial charge in [-0.15, -0.1) is 0 Å². The van der Waals surface area contributed by atoms with Crippen LogP contribution < -0.4 is 15.1 Å². The predicted molar refractivity (Wildman–Crippen MR) is 131 cm³/mol. The third-order valence-corrected chi connectivity index (χ3v) is 5.70. The van der Waals surface area contributed by atoms with E-state index in [1.165, 1.54) is 4.90 Å². The summed E-state index contributed by atoms with van der Waals surface area (Å²) < 4.78 is 0. The van der Waals surface area contributed by atoms with Crippen molar-refractivity contribution in [2.45, 2.75) is 20.8 Å².